The molecule has 0 fully saturated rings. The first-order valence-electron chi connectivity index (χ1n) is 5.59. The summed E-state index contributed by atoms with van der Waals surface area (Å²) in [6.45, 7) is 3.97. The van der Waals surface area contributed by atoms with Gasteiger partial charge in [-0.1, -0.05) is 12.1 Å². The van der Waals surface area contributed by atoms with Gasteiger partial charge in [0.2, 0.25) is 4.77 Å². The summed E-state index contributed by atoms with van der Waals surface area (Å²) in [5, 5.41) is 10.6. The van der Waals surface area contributed by atoms with Crippen LogP contribution >= 0.6 is 12.2 Å². The molecule has 0 saturated heterocycles. The van der Waals surface area contributed by atoms with E-state index < -0.39 is 0 Å². The summed E-state index contributed by atoms with van der Waals surface area (Å²) < 4.78 is 7.64. The molecule has 0 spiro atoms. The van der Waals surface area contributed by atoms with Crippen molar-refractivity contribution in [3.8, 4) is 5.75 Å². The average molecular weight is 262 g/mol. The molecule has 0 saturated carbocycles. The lowest BCUT2D eigenvalue weighted by molar-refractivity contribution is 0.242. The molecule has 0 aliphatic heterocycles. The van der Waals surface area contributed by atoms with Crippen LogP contribution in [0.25, 0.3) is 0 Å². The largest absolute Gasteiger partial charge is 0.490 e. The molecular weight excluding hydrogens is 248 g/mol. The normalized spacial score (nSPS) is 11.3. The predicted octanol–water partition coefficient (Wildman–Crippen LogP) is 2.61. The molecular formula is C12H14N4OS. The van der Waals surface area contributed by atoms with Gasteiger partial charge in [-0.05, 0) is 38.2 Å². The van der Waals surface area contributed by atoms with Crippen molar-refractivity contribution in [2.45, 2.75) is 20.0 Å². The summed E-state index contributed by atoms with van der Waals surface area (Å²) in [4.78, 5) is 0. The second kappa shape index (κ2) is 5.59. The van der Waals surface area contributed by atoms with Gasteiger partial charge in [-0.3, -0.25) is 5.10 Å². The highest BCUT2D eigenvalue weighted by atomic mass is 32.1. The number of hydrogen-bond donors (Lipinski definition) is 1. The summed E-state index contributed by atoms with van der Waals surface area (Å²) in [5.74, 6) is 0.797. The number of hydrogen-bond acceptors (Lipinski definition) is 4. The van der Waals surface area contributed by atoms with E-state index in [4.69, 9.17) is 17.0 Å². The van der Waals surface area contributed by atoms with Gasteiger partial charge < -0.3 is 4.74 Å². The van der Waals surface area contributed by atoms with Gasteiger partial charge in [0.1, 0.15) is 12.1 Å². The minimum absolute atomic E-state index is 0.121. The Balaban J connectivity index is 2.26. The Morgan fingerprint density at radius 1 is 1.44 bits per heavy atom. The lowest BCUT2D eigenvalue weighted by atomic mass is 10.2. The number of para-hydroxylation sites is 1. The van der Waals surface area contributed by atoms with Crippen molar-refractivity contribution in [1.29, 1.82) is 0 Å². The van der Waals surface area contributed by atoms with E-state index in [0.29, 0.717) is 4.77 Å². The van der Waals surface area contributed by atoms with Crippen molar-refractivity contribution in [1.82, 2.24) is 14.9 Å². The van der Waals surface area contributed by atoms with Gasteiger partial charge in [-0.25, -0.2) is 0 Å². The van der Waals surface area contributed by atoms with E-state index in [1.165, 1.54) is 11.0 Å². The van der Waals surface area contributed by atoms with E-state index in [-0.39, 0.29) is 6.10 Å². The van der Waals surface area contributed by atoms with Crippen LogP contribution in [0.1, 0.15) is 19.4 Å². The number of H-pyrrole nitrogens is 1. The topological polar surface area (TPSA) is 55.2 Å². The molecule has 1 heterocycles. The number of ether oxygens (including phenoxy) is 1. The van der Waals surface area contributed by atoms with Gasteiger partial charge in [-0.2, -0.15) is 14.9 Å². The van der Waals surface area contributed by atoms with Gasteiger partial charge in [0.25, 0.3) is 0 Å². The van der Waals surface area contributed by atoms with Crippen molar-refractivity contribution in [2.24, 2.45) is 5.10 Å². The van der Waals surface area contributed by atoms with E-state index in [2.05, 4.69) is 15.3 Å². The highest BCUT2D eigenvalue weighted by molar-refractivity contribution is 7.71. The molecule has 1 aromatic heterocycles. The molecule has 0 atom stereocenters. The fourth-order valence-electron chi connectivity index (χ4n) is 1.40. The molecule has 0 bridgehead atoms. The van der Waals surface area contributed by atoms with Crippen molar-refractivity contribution < 1.29 is 4.74 Å². The summed E-state index contributed by atoms with van der Waals surface area (Å²) in [6.07, 6.45) is 3.34. The maximum atomic E-state index is 5.70. The zero-order chi connectivity index (χ0) is 13.0. The lowest BCUT2D eigenvalue weighted by Crippen LogP contribution is -2.07. The number of rotatable bonds is 4. The monoisotopic (exact) mass is 262 g/mol. The first-order chi connectivity index (χ1) is 8.66. The zero-order valence-corrected chi connectivity index (χ0v) is 11.0. The van der Waals surface area contributed by atoms with Crippen LogP contribution in [0.5, 0.6) is 5.75 Å². The minimum atomic E-state index is 0.121. The standard InChI is InChI=1S/C12H14N4OS/c1-9(2)17-11-6-4-3-5-10(11)7-14-16-8-13-15-12(16)18/h3-9H,1-2H3,(H,15,18)/b14-7+. The van der Waals surface area contributed by atoms with Crippen molar-refractivity contribution in [3.63, 3.8) is 0 Å². The van der Waals surface area contributed by atoms with Crippen LogP contribution in [0.15, 0.2) is 35.7 Å². The van der Waals surface area contributed by atoms with E-state index in [9.17, 15) is 0 Å². The fourth-order valence-corrected chi connectivity index (χ4v) is 1.54. The van der Waals surface area contributed by atoms with E-state index in [1.807, 2.05) is 38.1 Å². The molecule has 0 aliphatic carbocycles. The molecule has 0 amide bonds. The van der Waals surface area contributed by atoms with Crippen LogP contribution in [0.2, 0.25) is 0 Å². The van der Waals surface area contributed by atoms with Crippen LogP contribution in [-0.4, -0.2) is 27.2 Å². The molecule has 1 N–H and O–H groups in total. The highest BCUT2D eigenvalue weighted by Crippen LogP contribution is 2.17. The second-order valence-corrected chi connectivity index (χ2v) is 4.34. The Hall–Kier alpha value is -1.95. The molecule has 94 valence electrons. The molecule has 18 heavy (non-hydrogen) atoms. The van der Waals surface area contributed by atoms with Crippen LogP contribution in [-0.2, 0) is 0 Å². The summed E-state index contributed by atoms with van der Waals surface area (Å²) in [6, 6.07) is 7.71. The third kappa shape index (κ3) is 3.04. The molecule has 2 aromatic rings. The van der Waals surface area contributed by atoms with Crippen LogP contribution < -0.4 is 4.74 Å². The van der Waals surface area contributed by atoms with Gasteiger partial charge >= 0.3 is 0 Å². The van der Waals surface area contributed by atoms with Gasteiger partial charge in [0.15, 0.2) is 0 Å². The number of nitrogens with one attached hydrogen (secondary N) is 1. The summed E-state index contributed by atoms with van der Waals surface area (Å²) in [7, 11) is 0. The Bertz CT molecular complexity index is 600. The molecule has 5 nitrogen and oxygen atoms in total. The quantitative estimate of drug-likeness (QED) is 0.680. The zero-order valence-electron chi connectivity index (χ0n) is 10.2. The Labute approximate surface area is 110 Å². The van der Waals surface area contributed by atoms with Gasteiger partial charge in [0.05, 0.1) is 12.3 Å². The molecule has 6 heteroatoms. The Morgan fingerprint density at radius 2 is 2.22 bits per heavy atom. The van der Waals surface area contributed by atoms with E-state index in [1.54, 1.807) is 6.21 Å². The minimum Gasteiger partial charge on any atom is -0.490 e. The SMILES string of the molecule is CC(C)Oc1ccccc1/C=N/n1cn[nH]c1=S. The van der Waals surface area contributed by atoms with Crippen molar-refractivity contribution in [3.05, 3.63) is 40.9 Å². The number of benzene rings is 1. The molecule has 0 radical (unpaired) electrons. The first kappa shape index (κ1) is 12.5. The highest BCUT2D eigenvalue weighted by Gasteiger charge is 2.02. The smallest absolute Gasteiger partial charge is 0.216 e. The summed E-state index contributed by atoms with van der Waals surface area (Å²) >= 11 is 5.00. The molecule has 0 unspecified atom stereocenters. The van der Waals surface area contributed by atoms with Gasteiger partial charge in [-0.15, -0.1) is 0 Å². The summed E-state index contributed by atoms with van der Waals surface area (Å²) in [5.41, 5.74) is 0.898. The number of nitrogens with zero attached hydrogens (tertiary/aromatic N) is 3. The molecule has 0 aliphatic rings. The Morgan fingerprint density at radius 3 is 2.89 bits per heavy atom. The number of aromatic amines is 1. The predicted molar refractivity (Wildman–Crippen MR) is 72.6 cm³/mol. The second-order valence-electron chi connectivity index (χ2n) is 3.96. The van der Waals surface area contributed by atoms with Crippen molar-refractivity contribution >= 4 is 18.4 Å². The van der Waals surface area contributed by atoms with Crippen LogP contribution in [0.3, 0.4) is 0 Å². The molecule has 2 rings (SSSR count). The first-order valence-corrected chi connectivity index (χ1v) is 5.99. The van der Waals surface area contributed by atoms with E-state index in [0.717, 1.165) is 11.3 Å². The lowest BCUT2D eigenvalue weighted by Gasteiger charge is -2.11. The van der Waals surface area contributed by atoms with Crippen LogP contribution in [0.4, 0.5) is 0 Å². The fraction of sp³-hybridized carbons (Fsp3) is 0.250. The van der Waals surface area contributed by atoms with Crippen molar-refractivity contribution in [2.75, 3.05) is 0 Å². The average Bonchev–Trinajstić information content (AvgIpc) is 2.73. The van der Waals surface area contributed by atoms with Gasteiger partial charge in [0, 0.05) is 5.56 Å². The third-order valence-electron chi connectivity index (χ3n) is 2.14. The van der Waals surface area contributed by atoms with E-state index >= 15 is 0 Å². The Kier molecular flexibility index (Phi) is 3.88. The maximum absolute atomic E-state index is 5.70. The number of aromatic nitrogens is 3. The maximum Gasteiger partial charge on any atom is 0.216 e. The third-order valence-corrected chi connectivity index (χ3v) is 2.42. The molecule has 1 aromatic carbocycles. The van der Waals surface area contributed by atoms with Crippen LogP contribution in [0, 0.1) is 4.77 Å².